The van der Waals surface area contributed by atoms with Crippen LogP contribution in [0.25, 0.3) is 0 Å². The quantitative estimate of drug-likeness (QED) is 0.428. The van der Waals surface area contributed by atoms with Crippen LogP contribution in [0, 0.1) is 28.6 Å². The van der Waals surface area contributed by atoms with E-state index in [1.807, 2.05) is 0 Å². The molecule has 2 N–H and O–H groups in total. The van der Waals surface area contributed by atoms with E-state index in [1.165, 1.54) is 0 Å². The molecule has 1 atom stereocenters. The van der Waals surface area contributed by atoms with Gasteiger partial charge in [0.05, 0.1) is 0 Å². The van der Waals surface area contributed by atoms with Crippen LogP contribution in [0.2, 0.25) is 0 Å². The van der Waals surface area contributed by atoms with Crippen LogP contribution in [-0.2, 0) is 0 Å². The Hall–Kier alpha value is -0.310. The molecule has 0 heterocycles. The zero-order valence-corrected chi connectivity index (χ0v) is 20.9. The van der Waals surface area contributed by atoms with Gasteiger partial charge >= 0.3 is 0 Å². The van der Waals surface area contributed by atoms with Gasteiger partial charge in [0, 0.05) is 11.1 Å². The Morgan fingerprint density at radius 1 is 0.692 bits per heavy atom. The second-order valence-electron chi connectivity index (χ2n) is 11.9. The first-order chi connectivity index (χ1) is 11.3. The summed E-state index contributed by atoms with van der Waals surface area (Å²) in [6.07, 6.45) is 2.16. The predicted octanol–water partition coefficient (Wildman–Crippen LogP) is 6.79. The molecule has 0 fully saturated rings. The molecule has 0 aliphatic heterocycles. The first-order valence-corrected chi connectivity index (χ1v) is 10.8. The molecule has 0 aromatic rings. The number of hydrogen-bond acceptors (Lipinski definition) is 1. The third-order valence-corrected chi connectivity index (χ3v) is 6.70. The Labute approximate surface area is 170 Å². The SMILES string of the molecule is CC(C)C(C)C(C)(C)CC(C)(C)NC(=S)NC(C)(C)CC(C)(C)C(C)C. The van der Waals surface area contributed by atoms with Crippen molar-refractivity contribution in [2.75, 3.05) is 0 Å². The summed E-state index contributed by atoms with van der Waals surface area (Å²) in [6, 6.07) is 0. The smallest absolute Gasteiger partial charge is 0.167 e. The molecular formula is C23H48N2S. The van der Waals surface area contributed by atoms with Crippen LogP contribution in [0.1, 0.15) is 103 Å². The summed E-state index contributed by atoms with van der Waals surface area (Å²) < 4.78 is 0. The predicted molar refractivity (Wildman–Crippen MR) is 123 cm³/mol. The first-order valence-electron chi connectivity index (χ1n) is 10.4. The van der Waals surface area contributed by atoms with Crippen molar-refractivity contribution in [3.63, 3.8) is 0 Å². The molecule has 0 aromatic carbocycles. The maximum Gasteiger partial charge on any atom is 0.167 e. The lowest BCUT2D eigenvalue weighted by Crippen LogP contribution is -2.56. The Kier molecular flexibility index (Phi) is 8.69. The summed E-state index contributed by atoms with van der Waals surface area (Å²) in [5.41, 5.74) is 0.459. The van der Waals surface area contributed by atoms with Crippen LogP contribution in [0.5, 0.6) is 0 Å². The average molecular weight is 385 g/mol. The van der Waals surface area contributed by atoms with Gasteiger partial charge in [-0.2, -0.15) is 0 Å². The van der Waals surface area contributed by atoms with Crippen LogP contribution in [-0.4, -0.2) is 16.2 Å². The molecule has 0 aliphatic rings. The number of hydrogen-bond donors (Lipinski definition) is 2. The molecule has 0 spiro atoms. The third-order valence-electron chi connectivity index (χ3n) is 6.49. The van der Waals surface area contributed by atoms with E-state index in [4.69, 9.17) is 12.2 Å². The minimum atomic E-state index is -0.0413. The van der Waals surface area contributed by atoms with E-state index in [2.05, 4.69) is 101 Å². The topological polar surface area (TPSA) is 24.1 Å². The molecule has 0 saturated carbocycles. The Morgan fingerprint density at radius 3 is 1.35 bits per heavy atom. The number of thiocarbonyl (C=S) groups is 1. The summed E-state index contributed by atoms with van der Waals surface area (Å²) in [6.45, 7) is 30.1. The molecule has 0 aromatic heterocycles. The summed E-state index contributed by atoms with van der Waals surface area (Å²) in [5.74, 6) is 1.98. The van der Waals surface area contributed by atoms with E-state index < -0.39 is 0 Å². The highest BCUT2D eigenvalue weighted by Crippen LogP contribution is 2.39. The summed E-state index contributed by atoms with van der Waals surface area (Å²) in [4.78, 5) is 0. The van der Waals surface area contributed by atoms with Gasteiger partial charge in [0.25, 0.3) is 0 Å². The van der Waals surface area contributed by atoms with Gasteiger partial charge in [-0.05, 0) is 81.3 Å². The number of rotatable bonds is 9. The summed E-state index contributed by atoms with van der Waals surface area (Å²) in [7, 11) is 0. The fourth-order valence-electron chi connectivity index (χ4n) is 4.28. The average Bonchev–Trinajstić information content (AvgIpc) is 2.32. The standard InChI is InChI=1S/C23H48N2S/c1-16(2)18(5)21(8,9)15-23(12,13)25-19(26)24-22(10,11)14-20(6,7)17(3)4/h16-18H,14-15H2,1-13H3,(H2,24,25,26). The van der Waals surface area contributed by atoms with Gasteiger partial charge < -0.3 is 10.6 Å². The van der Waals surface area contributed by atoms with Crippen molar-refractivity contribution in [1.82, 2.24) is 10.6 Å². The van der Waals surface area contributed by atoms with E-state index in [0.29, 0.717) is 17.8 Å². The molecule has 0 radical (unpaired) electrons. The normalized spacial score (nSPS) is 15.3. The van der Waals surface area contributed by atoms with Gasteiger partial charge in [0.15, 0.2) is 5.11 Å². The lowest BCUT2D eigenvalue weighted by molar-refractivity contribution is 0.124. The van der Waals surface area contributed by atoms with Gasteiger partial charge in [0.1, 0.15) is 0 Å². The van der Waals surface area contributed by atoms with Crippen molar-refractivity contribution >= 4 is 17.3 Å². The van der Waals surface area contributed by atoms with Crippen molar-refractivity contribution in [2.24, 2.45) is 28.6 Å². The second kappa shape index (κ2) is 8.80. The van der Waals surface area contributed by atoms with Gasteiger partial charge in [-0.25, -0.2) is 0 Å². The maximum atomic E-state index is 5.69. The maximum absolute atomic E-state index is 5.69. The van der Waals surface area contributed by atoms with E-state index in [0.717, 1.165) is 18.0 Å². The highest BCUT2D eigenvalue weighted by Gasteiger charge is 2.36. The van der Waals surface area contributed by atoms with Crippen molar-refractivity contribution in [2.45, 2.75) is 114 Å². The molecule has 2 nitrogen and oxygen atoms in total. The Bertz CT molecular complexity index is 459. The zero-order valence-electron chi connectivity index (χ0n) is 20.1. The molecule has 3 heteroatoms. The zero-order chi connectivity index (χ0) is 21.1. The molecule has 0 saturated heterocycles. The van der Waals surface area contributed by atoms with E-state index in [-0.39, 0.29) is 21.9 Å². The van der Waals surface area contributed by atoms with E-state index in [9.17, 15) is 0 Å². The van der Waals surface area contributed by atoms with E-state index >= 15 is 0 Å². The van der Waals surface area contributed by atoms with Gasteiger partial charge in [-0.3, -0.25) is 0 Å². The molecular weight excluding hydrogens is 336 g/mol. The van der Waals surface area contributed by atoms with Crippen LogP contribution in [0.4, 0.5) is 0 Å². The number of nitrogens with one attached hydrogen (secondary N) is 2. The first kappa shape index (κ1) is 25.7. The van der Waals surface area contributed by atoms with Gasteiger partial charge in [-0.15, -0.1) is 0 Å². The van der Waals surface area contributed by atoms with Crippen molar-refractivity contribution in [1.29, 1.82) is 0 Å². The monoisotopic (exact) mass is 384 g/mol. The Morgan fingerprint density at radius 2 is 1.04 bits per heavy atom. The molecule has 0 aliphatic carbocycles. The molecule has 26 heavy (non-hydrogen) atoms. The van der Waals surface area contributed by atoms with Crippen molar-refractivity contribution in [3.8, 4) is 0 Å². The molecule has 1 unspecified atom stereocenters. The molecule has 0 bridgehead atoms. The lowest BCUT2D eigenvalue weighted by atomic mass is 9.68. The van der Waals surface area contributed by atoms with Crippen LogP contribution in [0.3, 0.4) is 0 Å². The van der Waals surface area contributed by atoms with E-state index in [1.54, 1.807) is 0 Å². The molecule has 156 valence electrons. The van der Waals surface area contributed by atoms with Crippen LogP contribution >= 0.6 is 12.2 Å². The largest absolute Gasteiger partial charge is 0.358 e. The van der Waals surface area contributed by atoms with Crippen LogP contribution < -0.4 is 10.6 Å². The van der Waals surface area contributed by atoms with Crippen molar-refractivity contribution < 1.29 is 0 Å². The summed E-state index contributed by atoms with van der Waals surface area (Å²) >= 11 is 5.69. The summed E-state index contributed by atoms with van der Waals surface area (Å²) in [5, 5.41) is 7.95. The van der Waals surface area contributed by atoms with Gasteiger partial charge in [-0.1, -0.05) is 62.3 Å². The fourth-order valence-corrected chi connectivity index (χ4v) is 4.83. The highest BCUT2D eigenvalue weighted by molar-refractivity contribution is 7.80. The molecule has 0 rings (SSSR count). The fraction of sp³-hybridized carbons (Fsp3) is 0.957. The second-order valence-corrected chi connectivity index (χ2v) is 12.3. The van der Waals surface area contributed by atoms with Crippen molar-refractivity contribution in [3.05, 3.63) is 0 Å². The third kappa shape index (κ3) is 8.59. The minimum absolute atomic E-state index is 0.0331. The lowest BCUT2D eigenvalue weighted by Gasteiger charge is -2.43. The minimum Gasteiger partial charge on any atom is -0.358 e. The molecule has 0 amide bonds. The Balaban J connectivity index is 4.93. The van der Waals surface area contributed by atoms with Crippen LogP contribution in [0.15, 0.2) is 0 Å². The van der Waals surface area contributed by atoms with Gasteiger partial charge in [0.2, 0.25) is 0 Å². The highest BCUT2D eigenvalue weighted by atomic mass is 32.1.